The van der Waals surface area contributed by atoms with E-state index in [2.05, 4.69) is 5.32 Å². The van der Waals surface area contributed by atoms with Crippen molar-refractivity contribution in [2.24, 2.45) is 5.92 Å². The summed E-state index contributed by atoms with van der Waals surface area (Å²) in [6.45, 7) is 1.21. The van der Waals surface area contributed by atoms with Gasteiger partial charge in [-0.1, -0.05) is 36.4 Å². The van der Waals surface area contributed by atoms with Crippen molar-refractivity contribution < 1.29 is 43.5 Å². The highest BCUT2D eigenvalue weighted by atomic mass is 16.6. The molecule has 10 nitrogen and oxygen atoms in total. The highest BCUT2D eigenvalue weighted by Gasteiger charge is 2.79. The molecule has 1 fully saturated rings. The number of fused-ring (bicyclic) bond motifs is 3. The van der Waals surface area contributed by atoms with Crippen LogP contribution >= 0.6 is 0 Å². The first kappa shape index (κ1) is 27.1. The van der Waals surface area contributed by atoms with E-state index in [1.54, 1.807) is 36.4 Å². The van der Waals surface area contributed by atoms with Gasteiger partial charge in [-0.25, -0.2) is 0 Å². The number of benzene rings is 3. The van der Waals surface area contributed by atoms with E-state index in [0.29, 0.717) is 16.9 Å². The van der Waals surface area contributed by atoms with E-state index in [1.807, 2.05) is 18.2 Å². The smallest absolute Gasteiger partial charge is 0.303 e. The van der Waals surface area contributed by atoms with Gasteiger partial charge in [0.25, 0.3) is 0 Å². The standard InChI is InChI=1S/C30H31NO9/c1-16(32)39-27-24(28(34)31-2)25(17-9-7-6-8-10-17)30(18-11-12-21(37-4)20(33)13-18)29(27,35)26-22(38-5)14-19(36-3)15-23(26)40-30/h6-15,24-25,27,33,35H,1-5H3,(H,31,34). The number of rotatable bonds is 7. The second kappa shape index (κ2) is 9.95. The monoisotopic (exact) mass is 549 g/mol. The van der Waals surface area contributed by atoms with Crippen LogP contribution in [0.15, 0.2) is 60.7 Å². The number of methoxy groups -OCH3 is 3. The fourth-order valence-electron chi connectivity index (χ4n) is 6.35. The first-order valence-corrected chi connectivity index (χ1v) is 12.7. The van der Waals surface area contributed by atoms with Gasteiger partial charge in [0.15, 0.2) is 28.8 Å². The van der Waals surface area contributed by atoms with Crippen molar-refractivity contribution in [3.63, 3.8) is 0 Å². The van der Waals surface area contributed by atoms with Crippen molar-refractivity contribution >= 4 is 11.9 Å². The molecule has 0 aromatic heterocycles. The van der Waals surface area contributed by atoms with Gasteiger partial charge in [-0.2, -0.15) is 0 Å². The maximum absolute atomic E-state index is 13.7. The number of aliphatic hydroxyl groups is 1. The third kappa shape index (κ3) is 3.66. The van der Waals surface area contributed by atoms with Crippen molar-refractivity contribution in [1.29, 1.82) is 0 Å². The first-order chi connectivity index (χ1) is 19.2. The molecule has 1 saturated carbocycles. The number of phenolic OH excluding ortho intramolecular Hbond substituents is 1. The van der Waals surface area contributed by atoms with E-state index in [0.717, 1.165) is 0 Å². The molecule has 1 heterocycles. The number of ether oxygens (including phenoxy) is 5. The van der Waals surface area contributed by atoms with Crippen molar-refractivity contribution in [2.45, 2.75) is 30.1 Å². The third-order valence-electron chi connectivity index (χ3n) is 7.86. The first-order valence-electron chi connectivity index (χ1n) is 12.7. The molecule has 1 aliphatic carbocycles. The lowest BCUT2D eigenvalue weighted by molar-refractivity contribution is -0.183. The maximum Gasteiger partial charge on any atom is 0.303 e. The number of amides is 1. The Morgan fingerprint density at radius 1 is 0.950 bits per heavy atom. The molecule has 210 valence electrons. The summed E-state index contributed by atoms with van der Waals surface area (Å²) in [6, 6.07) is 16.8. The van der Waals surface area contributed by atoms with Gasteiger partial charge in [0.05, 0.1) is 32.8 Å². The molecule has 3 N–H and O–H groups in total. The molecular formula is C30H31NO9. The van der Waals surface area contributed by atoms with Gasteiger partial charge < -0.3 is 39.2 Å². The fraction of sp³-hybridized carbons (Fsp3) is 0.333. The number of carbonyl (C=O) groups is 2. The van der Waals surface area contributed by atoms with Crippen LogP contribution < -0.4 is 24.3 Å². The normalized spacial score (nSPS) is 26.2. The van der Waals surface area contributed by atoms with Crippen LogP contribution in [0, 0.1) is 5.92 Å². The van der Waals surface area contributed by atoms with E-state index in [-0.39, 0.29) is 28.6 Å². The van der Waals surface area contributed by atoms with E-state index < -0.39 is 41.0 Å². The molecule has 3 aromatic rings. The van der Waals surface area contributed by atoms with Crippen molar-refractivity contribution in [3.05, 3.63) is 77.4 Å². The molecule has 2 aliphatic rings. The van der Waals surface area contributed by atoms with Crippen LogP contribution in [0.2, 0.25) is 0 Å². The predicted octanol–water partition coefficient (Wildman–Crippen LogP) is 2.98. The molecular weight excluding hydrogens is 518 g/mol. The van der Waals surface area contributed by atoms with Crippen LogP contribution in [0.1, 0.15) is 29.5 Å². The number of nitrogens with one attached hydrogen (secondary N) is 1. The van der Waals surface area contributed by atoms with Crippen LogP contribution in [0.4, 0.5) is 0 Å². The Morgan fingerprint density at radius 3 is 2.23 bits per heavy atom. The quantitative estimate of drug-likeness (QED) is 0.381. The Balaban J connectivity index is 1.95. The second-order valence-electron chi connectivity index (χ2n) is 9.75. The van der Waals surface area contributed by atoms with Gasteiger partial charge in [0, 0.05) is 37.6 Å². The number of hydrogen-bond donors (Lipinski definition) is 3. The molecule has 10 heteroatoms. The Labute approximate surface area is 231 Å². The summed E-state index contributed by atoms with van der Waals surface area (Å²) in [6.07, 6.45) is -1.43. The summed E-state index contributed by atoms with van der Waals surface area (Å²) in [5.74, 6) is -2.40. The van der Waals surface area contributed by atoms with Crippen molar-refractivity contribution in [2.75, 3.05) is 28.4 Å². The Kier molecular flexibility index (Phi) is 6.75. The lowest BCUT2D eigenvalue weighted by atomic mass is 9.70. The van der Waals surface area contributed by atoms with Crippen LogP contribution in [0.3, 0.4) is 0 Å². The summed E-state index contributed by atoms with van der Waals surface area (Å²) in [7, 11) is 5.81. The minimum Gasteiger partial charge on any atom is -0.504 e. The van der Waals surface area contributed by atoms with Crippen LogP contribution in [-0.2, 0) is 25.5 Å². The lowest BCUT2D eigenvalue weighted by Crippen LogP contribution is -2.53. The maximum atomic E-state index is 13.7. The summed E-state index contributed by atoms with van der Waals surface area (Å²) in [5, 5.41) is 26.7. The van der Waals surface area contributed by atoms with Crippen molar-refractivity contribution in [1.82, 2.24) is 5.32 Å². The number of hydrogen-bond acceptors (Lipinski definition) is 9. The SMILES string of the molecule is CNC(=O)C1C(OC(C)=O)C2(O)c3c(OC)cc(OC)cc3OC2(c2ccc(OC)c(O)c2)C1c1ccccc1. The molecule has 0 radical (unpaired) electrons. The summed E-state index contributed by atoms with van der Waals surface area (Å²) >= 11 is 0. The number of aromatic hydroxyl groups is 1. The van der Waals surface area contributed by atoms with E-state index >= 15 is 0 Å². The van der Waals surface area contributed by atoms with Crippen LogP contribution in [0.25, 0.3) is 0 Å². The zero-order chi connectivity index (χ0) is 28.8. The zero-order valence-electron chi connectivity index (χ0n) is 22.8. The van der Waals surface area contributed by atoms with Crippen LogP contribution in [-0.4, -0.2) is 56.6 Å². The van der Waals surface area contributed by atoms with E-state index in [9.17, 15) is 19.8 Å². The average Bonchev–Trinajstić information content (AvgIpc) is 3.34. The van der Waals surface area contributed by atoms with Crippen LogP contribution in [0.5, 0.6) is 28.7 Å². The second-order valence-corrected chi connectivity index (χ2v) is 9.75. The molecule has 0 spiro atoms. The molecule has 1 amide bonds. The fourth-order valence-corrected chi connectivity index (χ4v) is 6.35. The summed E-state index contributed by atoms with van der Waals surface area (Å²) in [4.78, 5) is 26.2. The summed E-state index contributed by atoms with van der Waals surface area (Å²) in [5.41, 5.74) is -2.83. The number of carbonyl (C=O) groups excluding carboxylic acids is 2. The topological polar surface area (TPSA) is 133 Å². The van der Waals surface area contributed by atoms with Gasteiger partial charge in [0.1, 0.15) is 17.2 Å². The van der Waals surface area contributed by atoms with Gasteiger partial charge in [0.2, 0.25) is 5.91 Å². The Morgan fingerprint density at radius 2 is 1.65 bits per heavy atom. The number of phenols is 1. The van der Waals surface area contributed by atoms with Crippen molar-refractivity contribution in [3.8, 4) is 28.7 Å². The lowest BCUT2D eigenvalue weighted by Gasteiger charge is -2.41. The third-order valence-corrected chi connectivity index (χ3v) is 7.86. The molecule has 0 bridgehead atoms. The number of esters is 1. The molecule has 40 heavy (non-hydrogen) atoms. The van der Waals surface area contributed by atoms with Gasteiger partial charge in [-0.05, 0) is 17.7 Å². The van der Waals surface area contributed by atoms with E-state index in [1.165, 1.54) is 41.4 Å². The Bertz CT molecular complexity index is 1460. The Hall–Kier alpha value is -4.44. The van der Waals surface area contributed by atoms with Gasteiger partial charge >= 0.3 is 5.97 Å². The molecule has 3 aromatic carbocycles. The zero-order valence-corrected chi connectivity index (χ0v) is 22.8. The molecule has 5 atom stereocenters. The largest absolute Gasteiger partial charge is 0.504 e. The molecule has 0 saturated heterocycles. The average molecular weight is 550 g/mol. The van der Waals surface area contributed by atoms with Gasteiger partial charge in [-0.15, -0.1) is 0 Å². The predicted molar refractivity (Wildman–Crippen MR) is 143 cm³/mol. The highest BCUT2D eigenvalue weighted by Crippen LogP contribution is 2.71. The highest BCUT2D eigenvalue weighted by molar-refractivity contribution is 5.84. The van der Waals surface area contributed by atoms with E-state index in [4.69, 9.17) is 23.7 Å². The van der Waals surface area contributed by atoms with Gasteiger partial charge in [-0.3, -0.25) is 9.59 Å². The molecule has 5 unspecified atom stereocenters. The summed E-state index contributed by atoms with van der Waals surface area (Å²) < 4.78 is 29.1. The molecule has 5 rings (SSSR count). The minimum absolute atomic E-state index is 0.185. The molecule has 1 aliphatic heterocycles. The minimum atomic E-state index is -2.18.